The van der Waals surface area contributed by atoms with Gasteiger partial charge in [-0.15, -0.1) is 0 Å². The summed E-state index contributed by atoms with van der Waals surface area (Å²) in [4.78, 5) is 49.0. The Hall–Kier alpha value is -2.60. The van der Waals surface area contributed by atoms with Gasteiger partial charge in [0, 0.05) is 0 Å². The fraction of sp³-hybridized carbons (Fsp3) is 0.750. The Kier molecular flexibility index (Phi) is 20.9. The fourth-order valence-electron chi connectivity index (χ4n) is 4.09. The lowest BCUT2D eigenvalue weighted by molar-refractivity contribution is -0.163. The van der Waals surface area contributed by atoms with E-state index in [1.165, 1.54) is 0 Å². The SMILES string of the molecule is CC(C)=CCC/C(C)=C/CC(CC=C(C)C)(P(=O)(OCOC(=O)C(C)(C)C)OCOC(=O)C(C)(C)C)P(=O)(OCOC(=O)C(C)(C)C)OCOC(=O)C(C)(C)C. The van der Waals surface area contributed by atoms with E-state index in [0.717, 1.165) is 11.1 Å². The van der Waals surface area contributed by atoms with Crippen molar-refractivity contribution in [1.82, 2.24) is 0 Å². The average molecular weight is 837 g/mol. The van der Waals surface area contributed by atoms with Crippen LogP contribution in [0.2, 0.25) is 0 Å². The predicted octanol–water partition coefficient (Wildman–Crippen LogP) is 10.8. The summed E-state index contributed by atoms with van der Waals surface area (Å²) in [5, 5.41) is 0. The monoisotopic (exact) mass is 836 g/mol. The maximum atomic E-state index is 15.7. The fourth-order valence-corrected chi connectivity index (χ4v) is 9.12. The maximum absolute atomic E-state index is 15.7. The second-order valence-electron chi connectivity index (χ2n) is 18.3. The molecule has 0 radical (unpaired) electrons. The van der Waals surface area contributed by atoms with Crippen LogP contribution in [0.25, 0.3) is 0 Å². The first-order valence-corrected chi connectivity index (χ1v) is 21.7. The van der Waals surface area contributed by atoms with E-state index in [4.69, 9.17) is 37.0 Å². The molecule has 0 aliphatic rings. The molecule has 56 heavy (non-hydrogen) atoms. The summed E-state index contributed by atoms with van der Waals surface area (Å²) in [5.41, 5.74) is -1.37. The van der Waals surface area contributed by atoms with Crippen LogP contribution in [0.4, 0.5) is 0 Å². The summed E-state index contributed by atoms with van der Waals surface area (Å²) in [6.45, 7) is 24.7. The first kappa shape index (κ1) is 53.4. The average Bonchev–Trinajstić information content (AvgIpc) is 3.02. The molecule has 0 aromatic rings. The molecule has 0 N–H and O–H groups in total. The van der Waals surface area contributed by atoms with Gasteiger partial charge in [0.25, 0.3) is 0 Å². The summed E-state index contributed by atoms with van der Waals surface area (Å²) >= 11 is 0. The number of esters is 4. The second kappa shape index (κ2) is 22.0. The molecule has 0 bridgehead atoms. The largest absolute Gasteiger partial charge is 0.438 e. The van der Waals surface area contributed by atoms with E-state index < -0.39 is 92.8 Å². The zero-order chi connectivity index (χ0) is 44.0. The van der Waals surface area contributed by atoms with Gasteiger partial charge in [0.05, 0.1) is 21.7 Å². The molecule has 0 saturated carbocycles. The second-order valence-corrected chi connectivity index (χ2v) is 23.3. The van der Waals surface area contributed by atoms with Crippen molar-refractivity contribution in [2.75, 3.05) is 27.2 Å². The molecule has 0 aliphatic heterocycles. The van der Waals surface area contributed by atoms with Gasteiger partial charge < -0.3 is 18.9 Å². The number of allylic oxidation sites excluding steroid dienone is 6. The van der Waals surface area contributed by atoms with Crippen LogP contribution in [0.15, 0.2) is 34.9 Å². The standard InChI is InChI=1S/C40H70O14P2/c1-29(2)19-18-20-31(5)22-24-40(23-21-30(3)4,55(45,51-25-47-32(41)36(6,7)8)52-26-48-33(42)37(9,10)11)56(46,53-27-49-34(43)38(12,13)14)54-28-50-35(44)39(15,16)17/h19,21-22H,18,20,23-28H2,1-17H3/b31-22+. The van der Waals surface area contributed by atoms with Gasteiger partial charge in [-0.25, -0.2) is 0 Å². The van der Waals surface area contributed by atoms with Crippen molar-refractivity contribution in [3.05, 3.63) is 34.9 Å². The molecule has 16 heteroatoms. The summed E-state index contributed by atoms with van der Waals surface area (Å²) in [6.07, 6.45) is 5.78. The van der Waals surface area contributed by atoms with Crippen LogP contribution in [0, 0.1) is 21.7 Å². The van der Waals surface area contributed by atoms with Crippen LogP contribution in [0.1, 0.15) is 143 Å². The molecule has 0 heterocycles. The lowest BCUT2D eigenvalue weighted by Crippen LogP contribution is -2.35. The van der Waals surface area contributed by atoms with E-state index in [2.05, 4.69) is 0 Å². The van der Waals surface area contributed by atoms with Crippen LogP contribution in [-0.4, -0.2) is 55.9 Å². The smallest absolute Gasteiger partial charge is 0.355 e. The Morgan fingerprint density at radius 1 is 0.446 bits per heavy atom. The summed E-state index contributed by atoms with van der Waals surface area (Å²) in [7, 11) is -10.2. The van der Waals surface area contributed by atoms with Crippen LogP contribution in [-0.2, 0) is 65.4 Å². The minimum Gasteiger partial charge on any atom is -0.438 e. The molecule has 324 valence electrons. The molecule has 0 spiro atoms. The zero-order valence-corrected chi connectivity index (χ0v) is 38.8. The van der Waals surface area contributed by atoms with E-state index >= 15 is 9.13 Å². The molecule has 0 aromatic heterocycles. The molecule has 0 saturated heterocycles. The Morgan fingerprint density at radius 3 is 0.964 bits per heavy atom. The van der Waals surface area contributed by atoms with Crippen LogP contribution >= 0.6 is 15.2 Å². The van der Waals surface area contributed by atoms with Crippen LogP contribution in [0.3, 0.4) is 0 Å². The maximum Gasteiger partial charge on any atom is 0.355 e. The van der Waals surface area contributed by atoms with Gasteiger partial charge >= 0.3 is 39.1 Å². The first-order chi connectivity index (χ1) is 25.2. The van der Waals surface area contributed by atoms with Gasteiger partial charge in [0.1, 0.15) is 0 Å². The Labute approximate surface area is 335 Å². The molecule has 0 unspecified atom stereocenters. The van der Waals surface area contributed by atoms with Gasteiger partial charge in [0.2, 0.25) is 27.2 Å². The van der Waals surface area contributed by atoms with Crippen molar-refractivity contribution < 1.29 is 65.4 Å². The quantitative estimate of drug-likeness (QED) is 0.0351. The summed E-state index contributed by atoms with van der Waals surface area (Å²) in [6, 6.07) is 0. The molecule has 0 amide bonds. The molecule has 14 nitrogen and oxygen atoms in total. The van der Waals surface area contributed by atoms with Crippen molar-refractivity contribution in [1.29, 1.82) is 0 Å². The van der Waals surface area contributed by atoms with Crippen LogP contribution < -0.4 is 0 Å². The van der Waals surface area contributed by atoms with Crippen molar-refractivity contribution in [2.45, 2.75) is 148 Å². The van der Waals surface area contributed by atoms with Crippen LogP contribution in [0.5, 0.6) is 0 Å². The van der Waals surface area contributed by atoms with Gasteiger partial charge in [-0.2, -0.15) is 0 Å². The third-order valence-corrected chi connectivity index (χ3v) is 13.8. The lowest BCUT2D eigenvalue weighted by atomic mass is 9.98. The number of carbonyl (C=O) groups excluding carboxylic acids is 4. The summed E-state index contributed by atoms with van der Waals surface area (Å²) < 4.78 is 76.5. The molecule has 0 aliphatic carbocycles. The van der Waals surface area contributed by atoms with Crippen molar-refractivity contribution >= 4 is 39.1 Å². The highest BCUT2D eigenvalue weighted by Gasteiger charge is 2.65. The number of carbonyl (C=O) groups is 4. The topological polar surface area (TPSA) is 176 Å². The van der Waals surface area contributed by atoms with Gasteiger partial charge in [-0.3, -0.25) is 46.4 Å². The molecule has 0 aromatic carbocycles. The van der Waals surface area contributed by atoms with E-state index in [9.17, 15) is 19.2 Å². The number of ether oxygens (including phenoxy) is 4. The predicted molar refractivity (Wildman–Crippen MR) is 215 cm³/mol. The van der Waals surface area contributed by atoms with Gasteiger partial charge in [0.15, 0.2) is 4.90 Å². The third kappa shape index (κ3) is 17.9. The Balaban J connectivity index is 8.03. The van der Waals surface area contributed by atoms with Crippen molar-refractivity contribution in [2.24, 2.45) is 21.7 Å². The molecular weight excluding hydrogens is 766 g/mol. The first-order valence-electron chi connectivity index (χ1n) is 18.6. The highest BCUT2D eigenvalue weighted by atomic mass is 31.2. The Bertz CT molecular complexity index is 1370. The molecular formula is C40H70O14P2. The minimum absolute atomic E-state index is 0.382. The number of hydrogen-bond acceptors (Lipinski definition) is 14. The number of rotatable bonds is 21. The number of hydrogen-bond donors (Lipinski definition) is 0. The highest BCUT2D eigenvalue weighted by molar-refractivity contribution is 7.74. The van der Waals surface area contributed by atoms with Crippen molar-refractivity contribution in [3.8, 4) is 0 Å². The van der Waals surface area contributed by atoms with Gasteiger partial charge in [-0.05, 0) is 143 Å². The molecule has 0 rings (SSSR count). The summed E-state index contributed by atoms with van der Waals surface area (Å²) in [5.74, 6) is -2.86. The highest BCUT2D eigenvalue weighted by Crippen LogP contribution is 2.80. The molecule has 0 fully saturated rings. The normalized spacial score (nSPS) is 13.4. The minimum atomic E-state index is -5.10. The zero-order valence-electron chi connectivity index (χ0n) is 37.0. The van der Waals surface area contributed by atoms with E-state index in [0.29, 0.717) is 18.4 Å². The van der Waals surface area contributed by atoms with E-state index in [1.807, 2.05) is 26.8 Å². The Morgan fingerprint density at radius 2 is 0.714 bits per heavy atom. The molecule has 0 atom stereocenters. The van der Waals surface area contributed by atoms with Gasteiger partial charge in [-0.1, -0.05) is 34.9 Å². The van der Waals surface area contributed by atoms with E-state index in [1.54, 1.807) is 109 Å². The van der Waals surface area contributed by atoms with Crippen molar-refractivity contribution in [3.63, 3.8) is 0 Å². The van der Waals surface area contributed by atoms with E-state index in [-0.39, 0.29) is 12.8 Å². The third-order valence-electron chi connectivity index (χ3n) is 7.83. The lowest BCUT2D eigenvalue weighted by Gasteiger charge is -2.41.